The van der Waals surface area contributed by atoms with Gasteiger partial charge in [0, 0.05) is 40.9 Å². The lowest BCUT2D eigenvalue weighted by atomic mass is 10.1. The summed E-state index contributed by atoms with van der Waals surface area (Å²) < 4.78 is 16.4. The highest BCUT2D eigenvalue weighted by Gasteiger charge is 2.24. The number of aromatic amines is 1. The van der Waals surface area contributed by atoms with Gasteiger partial charge in [-0.15, -0.1) is 0 Å². The third kappa shape index (κ3) is 5.40. The van der Waals surface area contributed by atoms with Crippen LogP contribution in [0.4, 0.5) is 10.5 Å². The number of methoxy groups -OCH3 is 2. The summed E-state index contributed by atoms with van der Waals surface area (Å²) >= 11 is 6.05. The zero-order chi connectivity index (χ0) is 23.4. The van der Waals surface area contributed by atoms with Crippen LogP contribution in [-0.2, 0) is 11.3 Å². The second kappa shape index (κ2) is 10.1. The number of anilines is 1. The minimum absolute atomic E-state index is 0.0704. The lowest BCUT2D eigenvalue weighted by Gasteiger charge is -2.26. The number of aromatic nitrogens is 1. The first-order chi connectivity index (χ1) is 16.0. The van der Waals surface area contributed by atoms with Gasteiger partial charge in [-0.05, 0) is 43.2 Å². The second-order valence-corrected chi connectivity index (χ2v) is 8.31. The van der Waals surface area contributed by atoms with Gasteiger partial charge in [0.15, 0.2) is 11.5 Å². The topological polar surface area (TPSA) is 92.9 Å². The molecule has 9 heteroatoms. The van der Waals surface area contributed by atoms with Gasteiger partial charge in [-0.25, -0.2) is 4.79 Å². The molecule has 2 amide bonds. The Balaban J connectivity index is 1.63. The van der Waals surface area contributed by atoms with E-state index < -0.39 is 0 Å². The van der Waals surface area contributed by atoms with Crippen molar-refractivity contribution in [3.63, 3.8) is 0 Å². The fourth-order valence-corrected chi connectivity index (χ4v) is 4.11. The van der Waals surface area contributed by atoms with Crippen LogP contribution < -0.4 is 20.3 Å². The summed E-state index contributed by atoms with van der Waals surface area (Å²) in [5, 5.41) is 4.16. The Hall–Kier alpha value is -3.23. The van der Waals surface area contributed by atoms with Gasteiger partial charge in [0.25, 0.3) is 5.56 Å². The Bertz CT molecular complexity index is 1210. The number of ether oxygens (including phenoxy) is 3. The highest BCUT2D eigenvalue weighted by molar-refractivity contribution is 6.30. The van der Waals surface area contributed by atoms with Gasteiger partial charge in [0.2, 0.25) is 0 Å². The first-order valence-electron chi connectivity index (χ1n) is 10.7. The molecule has 2 aromatic carbocycles. The monoisotopic (exact) mass is 471 g/mol. The van der Waals surface area contributed by atoms with E-state index in [4.69, 9.17) is 25.8 Å². The molecule has 0 bridgehead atoms. The van der Waals surface area contributed by atoms with E-state index in [1.165, 1.54) is 7.11 Å². The van der Waals surface area contributed by atoms with Gasteiger partial charge in [-0.1, -0.05) is 17.7 Å². The Morgan fingerprint density at radius 1 is 1.21 bits per heavy atom. The largest absolute Gasteiger partial charge is 0.493 e. The SMILES string of the molecule is COc1cc2cc(CN(CC3CCCO3)C(=O)Nc3cccc(Cl)c3)c(=O)[nH]c2cc1OC. The Labute approximate surface area is 196 Å². The number of rotatable bonds is 7. The van der Waals surface area contributed by atoms with Gasteiger partial charge in [0.05, 0.1) is 32.4 Å². The van der Waals surface area contributed by atoms with Gasteiger partial charge in [-0.3, -0.25) is 4.79 Å². The summed E-state index contributed by atoms with van der Waals surface area (Å²) in [6.07, 6.45) is 1.75. The highest BCUT2D eigenvalue weighted by Crippen LogP contribution is 2.31. The predicted octanol–water partition coefficient (Wildman–Crippen LogP) is 4.41. The normalized spacial score (nSPS) is 15.4. The molecule has 33 heavy (non-hydrogen) atoms. The smallest absolute Gasteiger partial charge is 0.322 e. The van der Waals surface area contributed by atoms with Crippen LogP contribution >= 0.6 is 11.6 Å². The first-order valence-corrected chi connectivity index (χ1v) is 11.1. The van der Waals surface area contributed by atoms with Crippen molar-refractivity contribution in [2.45, 2.75) is 25.5 Å². The van der Waals surface area contributed by atoms with E-state index in [1.807, 2.05) is 0 Å². The number of amides is 2. The van der Waals surface area contributed by atoms with Crippen LogP contribution in [-0.4, -0.2) is 49.4 Å². The summed E-state index contributed by atoms with van der Waals surface area (Å²) in [6, 6.07) is 11.9. The second-order valence-electron chi connectivity index (χ2n) is 7.87. The third-order valence-corrected chi connectivity index (χ3v) is 5.83. The summed E-state index contributed by atoms with van der Waals surface area (Å²) in [6.45, 7) is 1.16. The predicted molar refractivity (Wildman–Crippen MR) is 128 cm³/mol. The van der Waals surface area contributed by atoms with Gasteiger partial charge in [0.1, 0.15) is 0 Å². The summed E-state index contributed by atoms with van der Waals surface area (Å²) in [7, 11) is 3.09. The van der Waals surface area contributed by atoms with Crippen LogP contribution in [0.3, 0.4) is 0 Å². The molecule has 1 aliphatic rings. The number of benzene rings is 2. The van der Waals surface area contributed by atoms with Crippen LogP contribution in [0.25, 0.3) is 10.9 Å². The number of nitrogens with zero attached hydrogens (tertiary/aromatic N) is 1. The van der Waals surface area contributed by atoms with E-state index in [2.05, 4.69) is 10.3 Å². The lowest BCUT2D eigenvalue weighted by Crippen LogP contribution is -2.40. The number of pyridine rings is 1. The fraction of sp³-hybridized carbons (Fsp3) is 0.333. The van der Waals surface area contributed by atoms with Gasteiger partial charge < -0.3 is 29.4 Å². The number of urea groups is 1. The molecule has 1 aliphatic heterocycles. The van der Waals surface area contributed by atoms with Crippen molar-refractivity contribution in [1.29, 1.82) is 0 Å². The number of hydrogen-bond donors (Lipinski definition) is 2. The molecule has 1 saturated heterocycles. The van der Waals surface area contributed by atoms with Gasteiger partial charge >= 0.3 is 6.03 Å². The van der Waals surface area contributed by atoms with Crippen LogP contribution in [0.5, 0.6) is 11.5 Å². The van der Waals surface area contributed by atoms with Crippen LogP contribution in [0.1, 0.15) is 18.4 Å². The lowest BCUT2D eigenvalue weighted by molar-refractivity contribution is 0.0818. The molecule has 8 nitrogen and oxygen atoms in total. The van der Waals surface area contributed by atoms with E-state index in [-0.39, 0.29) is 24.2 Å². The summed E-state index contributed by atoms with van der Waals surface area (Å²) in [5.41, 5.74) is 1.38. The maximum atomic E-state index is 13.1. The molecule has 174 valence electrons. The first kappa shape index (κ1) is 22.9. The summed E-state index contributed by atoms with van der Waals surface area (Å²) in [4.78, 5) is 30.5. The molecular formula is C24H26ClN3O5. The van der Waals surface area contributed by atoms with E-state index in [0.717, 1.165) is 18.2 Å². The number of H-pyrrole nitrogens is 1. The average Bonchev–Trinajstić information content (AvgIpc) is 3.31. The number of halogens is 1. The fourth-order valence-electron chi connectivity index (χ4n) is 3.92. The number of nitrogens with one attached hydrogen (secondary N) is 2. The zero-order valence-corrected chi connectivity index (χ0v) is 19.3. The van der Waals surface area contributed by atoms with Crippen molar-refractivity contribution in [2.24, 2.45) is 0 Å². The molecule has 0 spiro atoms. The molecule has 0 saturated carbocycles. The molecule has 0 radical (unpaired) electrons. The molecule has 4 rings (SSSR count). The van der Waals surface area contributed by atoms with Crippen molar-refractivity contribution in [1.82, 2.24) is 9.88 Å². The molecule has 1 fully saturated rings. The number of hydrogen-bond acceptors (Lipinski definition) is 5. The number of carbonyl (C=O) groups excluding carboxylic acids is 1. The van der Waals surface area contributed by atoms with Crippen LogP contribution in [0, 0.1) is 0 Å². The number of fused-ring (bicyclic) bond motifs is 1. The molecule has 1 unspecified atom stereocenters. The minimum atomic E-state index is -0.334. The molecule has 0 aliphatic carbocycles. The van der Waals surface area contributed by atoms with Crippen molar-refractivity contribution < 1.29 is 19.0 Å². The van der Waals surface area contributed by atoms with E-state index in [1.54, 1.807) is 54.5 Å². The zero-order valence-electron chi connectivity index (χ0n) is 18.5. The average molecular weight is 472 g/mol. The van der Waals surface area contributed by atoms with Gasteiger partial charge in [-0.2, -0.15) is 0 Å². The molecule has 3 aromatic rings. The molecule has 1 aromatic heterocycles. The molecular weight excluding hydrogens is 446 g/mol. The van der Waals surface area contributed by atoms with E-state index in [9.17, 15) is 9.59 Å². The quantitative estimate of drug-likeness (QED) is 0.532. The third-order valence-electron chi connectivity index (χ3n) is 5.60. The van der Waals surface area contributed by atoms with Crippen molar-refractivity contribution >= 4 is 34.2 Å². The van der Waals surface area contributed by atoms with Crippen molar-refractivity contribution in [3.05, 3.63) is 63.4 Å². The highest BCUT2D eigenvalue weighted by atomic mass is 35.5. The number of carbonyl (C=O) groups is 1. The maximum Gasteiger partial charge on any atom is 0.322 e. The summed E-state index contributed by atoms with van der Waals surface area (Å²) in [5.74, 6) is 1.08. The molecule has 1 atom stereocenters. The van der Waals surface area contributed by atoms with E-state index >= 15 is 0 Å². The minimum Gasteiger partial charge on any atom is -0.493 e. The van der Waals surface area contributed by atoms with Crippen LogP contribution in [0.15, 0.2) is 47.3 Å². The Morgan fingerprint density at radius 3 is 2.70 bits per heavy atom. The standard InChI is InChI=1S/C24H26ClN3O5/c1-31-21-10-15-9-16(23(29)27-20(15)12-22(21)32-2)13-28(14-19-7-4-8-33-19)24(30)26-18-6-3-5-17(25)11-18/h3,5-6,9-12,19H,4,7-8,13-14H2,1-2H3,(H,26,30)(H,27,29). The van der Waals surface area contributed by atoms with Crippen molar-refractivity contribution in [2.75, 3.05) is 32.7 Å². The molecule has 2 heterocycles. The molecule has 2 N–H and O–H groups in total. The maximum absolute atomic E-state index is 13.1. The van der Waals surface area contributed by atoms with Crippen LogP contribution in [0.2, 0.25) is 5.02 Å². The van der Waals surface area contributed by atoms with Crippen molar-refractivity contribution in [3.8, 4) is 11.5 Å². The Kier molecular flexibility index (Phi) is 7.05. The Morgan fingerprint density at radius 2 is 2.00 bits per heavy atom. The van der Waals surface area contributed by atoms with E-state index in [0.29, 0.717) is 46.4 Å².